The molecule has 2 rings (SSSR count). The first-order chi connectivity index (χ1) is 7.02. The van der Waals surface area contributed by atoms with Crippen molar-refractivity contribution >= 4 is 42.4 Å². The molecule has 0 spiro atoms. The molecular formula is C8H6Cl2N2O2S. The highest BCUT2D eigenvalue weighted by Crippen LogP contribution is 2.24. The quantitative estimate of drug-likeness (QED) is 0.669. The normalized spacial score (nSPS) is 12.1. The van der Waals surface area contributed by atoms with Crippen molar-refractivity contribution in [3.63, 3.8) is 0 Å². The Morgan fingerprint density at radius 3 is 2.73 bits per heavy atom. The maximum atomic E-state index is 11.2. The van der Waals surface area contributed by atoms with Gasteiger partial charge in [-0.3, -0.25) is 0 Å². The summed E-state index contributed by atoms with van der Waals surface area (Å²) in [6.45, 7) is 0. The molecule has 0 aliphatic carbocycles. The molecule has 80 valence electrons. The monoisotopic (exact) mass is 264 g/mol. The first kappa shape index (κ1) is 10.7. The van der Waals surface area contributed by atoms with Gasteiger partial charge in [0.1, 0.15) is 0 Å². The molecule has 0 aliphatic heterocycles. The number of hydrogen-bond acceptors (Lipinski definition) is 3. The average molecular weight is 265 g/mol. The molecule has 0 radical (unpaired) electrons. The fourth-order valence-corrected chi connectivity index (χ4v) is 2.35. The van der Waals surface area contributed by atoms with E-state index in [4.69, 9.17) is 22.3 Å². The van der Waals surface area contributed by atoms with Gasteiger partial charge in [0.25, 0.3) is 9.05 Å². The summed E-state index contributed by atoms with van der Waals surface area (Å²) >= 11 is 5.69. The molecule has 0 saturated heterocycles. The van der Waals surface area contributed by atoms with Crippen LogP contribution in [0.5, 0.6) is 0 Å². The Morgan fingerprint density at radius 2 is 2.13 bits per heavy atom. The van der Waals surface area contributed by atoms with Crippen molar-refractivity contribution in [2.24, 2.45) is 0 Å². The van der Waals surface area contributed by atoms with Crippen molar-refractivity contribution < 1.29 is 8.42 Å². The molecule has 1 aromatic carbocycles. The SMILES string of the molecule is O=S(=O)(Cl)c1cc(CCl)c2nc[nH]c2c1. The van der Waals surface area contributed by atoms with Crippen molar-refractivity contribution in [3.05, 3.63) is 24.0 Å². The fraction of sp³-hybridized carbons (Fsp3) is 0.125. The summed E-state index contributed by atoms with van der Waals surface area (Å²) in [5.74, 6) is 0.182. The predicted molar refractivity (Wildman–Crippen MR) is 58.7 cm³/mol. The van der Waals surface area contributed by atoms with Crippen molar-refractivity contribution in [2.45, 2.75) is 10.8 Å². The van der Waals surface area contributed by atoms with Gasteiger partial charge >= 0.3 is 0 Å². The van der Waals surface area contributed by atoms with Gasteiger partial charge in [0.05, 0.1) is 22.3 Å². The van der Waals surface area contributed by atoms with E-state index in [-0.39, 0.29) is 10.8 Å². The van der Waals surface area contributed by atoms with Crippen LogP contribution in [0.15, 0.2) is 23.4 Å². The van der Waals surface area contributed by atoms with Gasteiger partial charge in [-0.1, -0.05) is 0 Å². The minimum atomic E-state index is -3.74. The second-order valence-electron chi connectivity index (χ2n) is 2.95. The molecule has 0 bridgehead atoms. The van der Waals surface area contributed by atoms with Crippen molar-refractivity contribution in [1.82, 2.24) is 9.97 Å². The van der Waals surface area contributed by atoms with E-state index in [2.05, 4.69) is 9.97 Å². The van der Waals surface area contributed by atoms with Gasteiger partial charge in [-0.2, -0.15) is 0 Å². The molecule has 0 aliphatic rings. The van der Waals surface area contributed by atoms with Gasteiger partial charge in [0, 0.05) is 16.6 Å². The van der Waals surface area contributed by atoms with Crippen LogP contribution in [-0.4, -0.2) is 18.4 Å². The predicted octanol–water partition coefficient (Wildman–Crippen LogP) is 2.23. The molecule has 0 saturated carbocycles. The lowest BCUT2D eigenvalue weighted by Gasteiger charge is -2.01. The van der Waals surface area contributed by atoms with Gasteiger partial charge in [-0.15, -0.1) is 11.6 Å². The van der Waals surface area contributed by atoms with Gasteiger partial charge in [0.2, 0.25) is 0 Å². The highest BCUT2D eigenvalue weighted by molar-refractivity contribution is 8.13. The Balaban J connectivity index is 2.80. The Kier molecular flexibility index (Phi) is 2.62. The first-order valence-corrected chi connectivity index (χ1v) is 6.83. The summed E-state index contributed by atoms with van der Waals surface area (Å²) < 4.78 is 22.3. The van der Waals surface area contributed by atoms with E-state index in [0.717, 1.165) is 0 Å². The summed E-state index contributed by atoms with van der Waals surface area (Å²) in [5, 5.41) is 0. The molecule has 0 amide bonds. The molecular weight excluding hydrogens is 259 g/mol. The molecule has 1 N–H and O–H groups in total. The zero-order chi connectivity index (χ0) is 11.1. The number of benzene rings is 1. The number of H-pyrrole nitrogens is 1. The molecule has 4 nitrogen and oxygen atoms in total. The number of hydrogen-bond donors (Lipinski definition) is 1. The van der Waals surface area contributed by atoms with Gasteiger partial charge in [0.15, 0.2) is 0 Å². The molecule has 0 unspecified atom stereocenters. The Bertz CT molecular complexity index is 606. The second kappa shape index (κ2) is 3.66. The number of halogens is 2. The molecule has 15 heavy (non-hydrogen) atoms. The van der Waals surface area contributed by atoms with Crippen molar-refractivity contribution in [2.75, 3.05) is 0 Å². The van der Waals surface area contributed by atoms with Crippen molar-refractivity contribution in [1.29, 1.82) is 0 Å². The van der Waals surface area contributed by atoms with E-state index in [1.54, 1.807) is 0 Å². The fourth-order valence-electron chi connectivity index (χ4n) is 1.34. The standard InChI is InChI=1S/C8H6Cl2N2O2S/c9-3-5-1-6(15(10,13)14)2-7-8(5)12-4-11-7/h1-2,4H,3H2,(H,11,12). The molecule has 1 heterocycles. The van der Waals surface area contributed by atoms with E-state index in [1.165, 1.54) is 18.5 Å². The summed E-state index contributed by atoms with van der Waals surface area (Å²) in [6.07, 6.45) is 1.48. The Morgan fingerprint density at radius 1 is 1.40 bits per heavy atom. The molecule has 0 atom stereocenters. The molecule has 2 aromatic rings. The van der Waals surface area contributed by atoms with E-state index in [9.17, 15) is 8.42 Å². The second-order valence-corrected chi connectivity index (χ2v) is 5.79. The van der Waals surface area contributed by atoms with E-state index in [1.807, 2.05) is 0 Å². The van der Waals surface area contributed by atoms with Gasteiger partial charge in [-0.05, 0) is 17.7 Å². The minimum absolute atomic E-state index is 0.0246. The van der Waals surface area contributed by atoms with Crippen LogP contribution < -0.4 is 0 Å². The van der Waals surface area contributed by atoms with Crippen LogP contribution in [0, 0.1) is 0 Å². The summed E-state index contributed by atoms with van der Waals surface area (Å²) in [6, 6.07) is 2.86. The lowest BCUT2D eigenvalue weighted by Crippen LogP contribution is -1.93. The lowest BCUT2D eigenvalue weighted by atomic mass is 10.2. The van der Waals surface area contributed by atoms with Crippen LogP contribution in [0.4, 0.5) is 0 Å². The maximum absolute atomic E-state index is 11.2. The van der Waals surface area contributed by atoms with Crippen LogP contribution in [0.25, 0.3) is 11.0 Å². The summed E-state index contributed by atoms with van der Waals surface area (Å²) in [5.41, 5.74) is 1.90. The van der Waals surface area contributed by atoms with Crippen LogP contribution >= 0.6 is 22.3 Å². The largest absolute Gasteiger partial charge is 0.345 e. The van der Waals surface area contributed by atoms with E-state index >= 15 is 0 Å². The summed E-state index contributed by atoms with van der Waals surface area (Å²) in [4.78, 5) is 6.87. The number of imidazole rings is 1. The number of nitrogens with one attached hydrogen (secondary N) is 1. The van der Waals surface area contributed by atoms with E-state index in [0.29, 0.717) is 16.6 Å². The average Bonchev–Trinajstić information content (AvgIpc) is 2.62. The maximum Gasteiger partial charge on any atom is 0.261 e. The zero-order valence-electron chi connectivity index (χ0n) is 7.37. The number of alkyl halides is 1. The molecule has 1 aromatic heterocycles. The lowest BCUT2D eigenvalue weighted by molar-refractivity contribution is 0.609. The third kappa shape index (κ3) is 1.95. The highest BCUT2D eigenvalue weighted by atomic mass is 35.7. The van der Waals surface area contributed by atoms with E-state index < -0.39 is 9.05 Å². The molecule has 0 fully saturated rings. The Hall–Kier alpha value is -0.780. The van der Waals surface area contributed by atoms with Crippen LogP contribution in [0.3, 0.4) is 0 Å². The number of fused-ring (bicyclic) bond motifs is 1. The highest BCUT2D eigenvalue weighted by Gasteiger charge is 2.14. The summed E-state index contributed by atoms with van der Waals surface area (Å²) in [7, 11) is 1.51. The van der Waals surface area contributed by atoms with Gasteiger partial charge < -0.3 is 4.98 Å². The topological polar surface area (TPSA) is 62.8 Å². The number of rotatable bonds is 2. The minimum Gasteiger partial charge on any atom is -0.345 e. The Labute approximate surface area is 95.6 Å². The molecule has 7 heteroatoms. The third-order valence-corrected chi connectivity index (χ3v) is 3.62. The first-order valence-electron chi connectivity index (χ1n) is 3.99. The number of aromatic nitrogens is 2. The number of nitrogens with zero attached hydrogens (tertiary/aromatic N) is 1. The third-order valence-electron chi connectivity index (χ3n) is 2.00. The zero-order valence-corrected chi connectivity index (χ0v) is 9.70. The van der Waals surface area contributed by atoms with Crippen LogP contribution in [0.1, 0.15) is 5.56 Å². The smallest absolute Gasteiger partial charge is 0.261 e. The van der Waals surface area contributed by atoms with Crippen molar-refractivity contribution in [3.8, 4) is 0 Å². The number of aromatic amines is 1. The van der Waals surface area contributed by atoms with Crippen LogP contribution in [-0.2, 0) is 14.9 Å². The van der Waals surface area contributed by atoms with Crippen LogP contribution in [0.2, 0.25) is 0 Å². The van der Waals surface area contributed by atoms with Gasteiger partial charge in [-0.25, -0.2) is 13.4 Å².